The van der Waals surface area contributed by atoms with E-state index in [-0.39, 0.29) is 5.54 Å². The van der Waals surface area contributed by atoms with Crippen LogP contribution in [0.4, 0.5) is 0 Å². The second kappa shape index (κ2) is 10.3. The Morgan fingerprint density at radius 3 is 2.15 bits per heavy atom. The fourth-order valence-electron chi connectivity index (χ4n) is 3.85. The van der Waals surface area contributed by atoms with E-state index in [1.165, 1.54) is 29.4 Å². The molecular formula is C24H30N4O6. The number of carboxylic acid groups (broad SMARTS) is 2. The minimum Gasteiger partial charge on any atom is -0.479 e. The zero-order valence-corrected chi connectivity index (χ0v) is 19.1. The fourth-order valence-corrected chi connectivity index (χ4v) is 3.85. The number of aromatic nitrogens is 3. The number of nitrogens with two attached hydrogens (primary N) is 1. The van der Waals surface area contributed by atoms with Gasteiger partial charge in [-0.25, -0.2) is 9.59 Å². The van der Waals surface area contributed by atoms with Gasteiger partial charge in [0.15, 0.2) is 12.2 Å². The van der Waals surface area contributed by atoms with Gasteiger partial charge in [-0.05, 0) is 54.9 Å². The van der Waals surface area contributed by atoms with Crippen LogP contribution >= 0.6 is 0 Å². The van der Waals surface area contributed by atoms with Crippen molar-refractivity contribution in [3.63, 3.8) is 0 Å². The van der Waals surface area contributed by atoms with Gasteiger partial charge in [-0.2, -0.15) is 5.10 Å². The number of aromatic amines is 1. The van der Waals surface area contributed by atoms with Gasteiger partial charge in [-0.3, -0.25) is 10.1 Å². The van der Waals surface area contributed by atoms with E-state index >= 15 is 0 Å². The van der Waals surface area contributed by atoms with Crippen molar-refractivity contribution < 1.29 is 30.0 Å². The van der Waals surface area contributed by atoms with Crippen molar-refractivity contribution >= 4 is 22.8 Å². The summed E-state index contributed by atoms with van der Waals surface area (Å²) >= 11 is 0. The Kier molecular flexibility index (Phi) is 7.65. The molecule has 1 aliphatic carbocycles. The number of carboxylic acids is 2. The highest BCUT2D eigenvalue weighted by Gasteiger charge is 2.30. The summed E-state index contributed by atoms with van der Waals surface area (Å²) < 4.78 is 0. The van der Waals surface area contributed by atoms with Crippen LogP contribution in [0.5, 0.6) is 0 Å². The highest BCUT2D eigenvalue weighted by molar-refractivity contribution is 5.89. The monoisotopic (exact) mass is 470 g/mol. The van der Waals surface area contributed by atoms with Crippen LogP contribution in [-0.4, -0.2) is 59.8 Å². The Labute approximate surface area is 196 Å². The maximum Gasteiger partial charge on any atom is 0.335 e. The molecule has 2 aromatic heterocycles. The Bertz CT molecular complexity index is 1130. The van der Waals surface area contributed by atoms with E-state index in [2.05, 4.69) is 48.3 Å². The lowest BCUT2D eigenvalue weighted by Crippen LogP contribution is -2.39. The predicted molar refractivity (Wildman–Crippen MR) is 125 cm³/mol. The molecule has 3 aromatic rings. The zero-order chi connectivity index (χ0) is 25.0. The standard InChI is InChI=1S/C20H24N4.C4H6O6/c1-3-20(21,4-2)14-7-9-17(22-11-14)15-8-10-18-16(12-23-24-18)19(15)13-5-6-13;5-1(3(7)8)2(6)4(9)10/h7-13H,3-6,21H2,1-2H3,(H,23,24);1-2,5-6H,(H,7,8)(H,9,10). The second-order valence-corrected chi connectivity index (χ2v) is 8.49. The smallest absolute Gasteiger partial charge is 0.335 e. The van der Waals surface area contributed by atoms with Crippen molar-refractivity contribution in [2.45, 2.75) is 63.2 Å². The topological polar surface area (TPSA) is 183 Å². The molecule has 1 fully saturated rings. The summed E-state index contributed by atoms with van der Waals surface area (Å²) in [5, 5.41) is 41.1. The van der Waals surface area contributed by atoms with Gasteiger partial charge in [-0.1, -0.05) is 26.0 Å². The van der Waals surface area contributed by atoms with Crippen molar-refractivity contribution in [1.29, 1.82) is 0 Å². The van der Waals surface area contributed by atoms with Crippen molar-refractivity contribution in [2.75, 3.05) is 0 Å². The molecule has 7 N–H and O–H groups in total. The molecule has 1 saturated carbocycles. The Morgan fingerprint density at radius 2 is 1.68 bits per heavy atom. The number of nitrogens with zero attached hydrogens (tertiary/aromatic N) is 2. The quantitative estimate of drug-likeness (QED) is 0.288. The van der Waals surface area contributed by atoms with Gasteiger partial charge in [0.05, 0.1) is 17.4 Å². The molecule has 4 rings (SSSR count). The average Bonchev–Trinajstić information content (AvgIpc) is 3.57. The van der Waals surface area contributed by atoms with Gasteiger partial charge in [-0.15, -0.1) is 0 Å². The van der Waals surface area contributed by atoms with E-state index in [4.69, 9.17) is 31.1 Å². The highest BCUT2D eigenvalue weighted by Crippen LogP contribution is 2.47. The van der Waals surface area contributed by atoms with Crippen LogP contribution in [0.2, 0.25) is 0 Å². The maximum absolute atomic E-state index is 9.77. The molecule has 10 nitrogen and oxygen atoms in total. The van der Waals surface area contributed by atoms with Crippen LogP contribution in [0.25, 0.3) is 22.2 Å². The molecule has 0 aliphatic heterocycles. The van der Waals surface area contributed by atoms with E-state index in [1.807, 2.05) is 12.4 Å². The third kappa shape index (κ3) is 5.24. The number of rotatable bonds is 8. The molecule has 0 spiro atoms. The highest BCUT2D eigenvalue weighted by atomic mass is 16.4. The third-order valence-electron chi connectivity index (χ3n) is 6.33. The summed E-state index contributed by atoms with van der Waals surface area (Å²) in [6.07, 6.45) is 3.71. The summed E-state index contributed by atoms with van der Waals surface area (Å²) in [5.41, 5.74) is 12.1. The SMILES string of the molecule is CCC(N)(CC)c1ccc(-c2ccc3[nH]ncc3c2C2CC2)nc1.O=C(O)C(O)C(O)C(=O)O. The number of fused-ring (bicyclic) bond motifs is 1. The number of aliphatic hydroxyl groups excluding tert-OH is 2. The Morgan fingerprint density at radius 1 is 1.06 bits per heavy atom. The van der Waals surface area contributed by atoms with Crippen LogP contribution in [0.1, 0.15) is 56.6 Å². The molecule has 182 valence electrons. The van der Waals surface area contributed by atoms with Gasteiger partial charge in [0, 0.05) is 22.7 Å². The van der Waals surface area contributed by atoms with Crippen LogP contribution in [0, 0.1) is 0 Å². The molecule has 1 aromatic carbocycles. The van der Waals surface area contributed by atoms with E-state index in [0.717, 1.165) is 29.6 Å². The zero-order valence-electron chi connectivity index (χ0n) is 19.1. The number of H-pyrrole nitrogens is 1. The Balaban J connectivity index is 0.000000277. The average molecular weight is 471 g/mol. The number of nitrogens with one attached hydrogen (secondary N) is 1. The van der Waals surface area contributed by atoms with Crippen LogP contribution in [-0.2, 0) is 15.1 Å². The van der Waals surface area contributed by atoms with Crippen LogP contribution < -0.4 is 5.73 Å². The van der Waals surface area contributed by atoms with Gasteiger partial charge < -0.3 is 26.2 Å². The van der Waals surface area contributed by atoms with Crippen molar-refractivity contribution in [3.8, 4) is 11.3 Å². The molecule has 2 unspecified atom stereocenters. The Hall–Kier alpha value is -3.34. The molecule has 0 radical (unpaired) electrons. The first-order chi connectivity index (χ1) is 16.1. The number of benzene rings is 1. The molecule has 2 heterocycles. The van der Waals surface area contributed by atoms with E-state index in [0.29, 0.717) is 5.92 Å². The van der Waals surface area contributed by atoms with Gasteiger partial charge in [0.1, 0.15) is 0 Å². The normalized spacial score (nSPS) is 15.3. The summed E-state index contributed by atoms with van der Waals surface area (Å²) in [7, 11) is 0. The van der Waals surface area contributed by atoms with Crippen LogP contribution in [0.15, 0.2) is 36.7 Å². The number of pyridine rings is 1. The lowest BCUT2D eigenvalue weighted by atomic mass is 9.86. The number of carbonyl (C=O) groups is 2. The van der Waals surface area contributed by atoms with E-state index in [9.17, 15) is 9.59 Å². The largest absolute Gasteiger partial charge is 0.479 e. The van der Waals surface area contributed by atoms with E-state index in [1.54, 1.807) is 0 Å². The lowest BCUT2D eigenvalue weighted by molar-refractivity contribution is -0.165. The summed E-state index contributed by atoms with van der Waals surface area (Å²) in [5.74, 6) is -2.90. The van der Waals surface area contributed by atoms with E-state index < -0.39 is 24.1 Å². The van der Waals surface area contributed by atoms with Gasteiger partial charge >= 0.3 is 11.9 Å². The minimum atomic E-state index is -2.27. The molecule has 34 heavy (non-hydrogen) atoms. The van der Waals surface area contributed by atoms with Crippen molar-refractivity contribution in [3.05, 3.63) is 47.8 Å². The molecule has 2 atom stereocenters. The van der Waals surface area contributed by atoms with Crippen molar-refractivity contribution in [2.24, 2.45) is 5.73 Å². The molecule has 1 aliphatic rings. The van der Waals surface area contributed by atoms with Crippen molar-refractivity contribution in [1.82, 2.24) is 15.2 Å². The second-order valence-electron chi connectivity index (χ2n) is 8.49. The van der Waals surface area contributed by atoms with Gasteiger partial charge in [0.25, 0.3) is 0 Å². The first kappa shape index (κ1) is 25.3. The molecular weight excluding hydrogens is 440 g/mol. The number of aliphatic carboxylic acids is 2. The summed E-state index contributed by atoms with van der Waals surface area (Å²) in [6, 6.07) is 8.54. The van der Waals surface area contributed by atoms with Gasteiger partial charge in [0.2, 0.25) is 0 Å². The number of hydrogen-bond donors (Lipinski definition) is 6. The summed E-state index contributed by atoms with van der Waals surface area (Å²) in [4.78, 5) is 24.3. The minimum absolute atomic E-state index is 0.278. The molecule has 10 heteroatoms. The number of aliphatic hydroxyl groups is 2. The molecule has 0 amide bonds. The first-order valence-corrected chi connectivity index (χ1v) is 11.2. The number of hydrogen-bond acceptors (Lipinski definition) is 7. The molecule has 0 saturated heterocycles. The maximum atomic E-state index is 9.77. The third-order valence-corrected chi connectivity index (χ3v) is 6.33. The lowest BCUT2D eigenvalue weighted by Gasteiger charge is -2.27. The molecule has 0 bridgehead atoms. The fraction of sp³-hybridized carbons (Fsp3) is 0.417. The summed E-state index contributed by atoms with van der Waals surface area (Å²) in [6.45, 7) is 4.27. The van der Waals surface area contributed by atoms with Crippen LogP contribution in [0.3, 0.4) is 0 Å². The first-order valence-electron chi connectivity index (χ1n) is 11.2. The predicted octanol–water partition coefficient (Wildman–Crippen LogP) is 2.35.